The van der Waals surface area contributed by atoms with Gasteiger partial charge in [0.25, 0.3) is 0 Å². The maximum atomic E-state index is 12.0. The highest BCUT2D eigenvalue weighted by Crippen LogP contribution is 2.19. The monoisotopic (exact) mass is 357 g/mol. The third-order valence-corrected chi connectivity index (χ3v) is 4.85. The van der Waals surface area contributed by atoms with Crippen LogP contribution >= 0.6 is 11.6 Å². The molecule has 0 unspecified atom stereocenters. The van der Waals surface area contributed by atoms with Gasteiger partial charge in [0.15, 0.2) is 0 Å². The Balaban J connectivity index is 1.36. The number of hydrogen-bond donors (Lipinski definition) is 3. The lowest BCUT2D eigenvalue weighted by molar-refractivity contribution is 0.247. The van der Waals surface area contributed by atoms with Gasteiger partial charge in [-0.1, -0.05) is 41.9 Å². The van der Waals surface area contributed by atoms with E-state index in [1.54, 1.807) is 24.3 Å². The summed E-state index contributed by atoms with van der Waals surface area (Å²) in [4.78, 5) is 12.0. The van der Waals surface area contributed by atoms with Crippen LogP contribution in [0.1, 0.15) is 18.4 Å². The van der Waals surface area contributed by atoms with E-state index in [0.717, 1.165) is 25.1 Å². The molecule has 0 saturated carbocycles. The van der Waals surface area contributed by atoms with Crippen molar-refractivity contribution < 1.29 is 4.79 Å². The molecule has 0 aliphatic carbocycles. The maximum absolute atomic E-state index is 12.0. The number of anilines is 1. The maximum Gasteiger partial charge on any atom is 0.319 e. The predicted molar refractivity (Wildman–Crippen MR) is 103 cm³/mol. The molecule has 4 nitrogen and oxygen atoms in total. The summed E-state index contributed by atoms with van der Waals surface area (Å²) in [5.41, 5.74) is 2.13. The standard InChI is InChI=1S/C20H24ClN3O/c21-17-7-10-18(11-8-17)24-20(25)23-14-19-9-6-16(13-22-19)12-15-4-2-1-3-5-15/h1-5,7-8,10-11,16,19,22H,6,9,12-14H2,(H2,23,24,25)/t16-,19+/m0/s1. The van der Waals surface area contributed by atoms with Crippen molar-refractivity contribution in [2.45, 2.75) is 25.3 Å². The van der Waals surface area contributed by atoms with Crippen LogP contribution in [0.5, 0.6) is 0 Å². The van der Waals surface area contributed by atoms with Gasteiger partial charge in [0, 0.05) is 23.3 Å². The van der Waals surface area contributed by atoms with Crippen molar-refractivity contribution in [2.24, 2.45) is 5.92 Å². The van der Waals surface area contributed by atoms with Crippen molar-refractivity contribution in [3.05, 3.63) is 65.2 Å². The Labute approximate surface area is 154 Å². The quantitative estimate of drug-likeness (QED) is 0.755. The largest absolute Gasteiger partial charge is 0.336 e. The van der Waals surface area contributed by atoms with Gasteiger partial charge in [-0.25, -0.2) is 4.79 Å². The van der Waals surface area contributed by atoms with Gasteiger partial charge in [-0.3, -0.25) is 0 Å². The average Bonchev–Trinajstić information content (AvgIpc) is 2.64. The molecule has 1 aliphatic heterocycles. The van der Waals surface area contributed by atoms with Gasteiger partial charge in [0.1, 0.15) is 0 Å². The molecular formula is C20H24ClN3O. The van der Waals surface area contributed by atoms with E-state index in [9.17, 15) is 4.79 Å². The minimum atomic E-state index is -0.185. The van der Waals surface area contributed by atoms with Crippen LogP contribution < -0.4 is 16.0 Å². The molecular weight excluding hydrogens is 334 g/mol. The first-order valence-corrected chi connectivity index (χ1v) is 9.14. The number of rotatable bonds is 5. The van der Waals surface area contributed by atoms with Gasteiger partial charge in [-0.05, 0) is 61.6 Å². The SMILES string of the molecule is O=C(NC[C@H]1CC[C@@H](Cc2ccccc2)CN1)Nc1ccc(Cl)cc1. The summed E-state index contributed by atoms with van der Waals surface area (Å²) in [5, 5.41) is 9.96. The highest BCUT2D eigenvalue weighted by molar-refractivity contribution is 6.30. The average molecular weight is 358 g/mol. The van der Waals surface area contributed by atoms with Crippen LogP contribution in [0.4, 0.5) is 10.5 Å². The molecule has 2 atom stereocenters. The molecule has 3 N–H and O–H groups in total. The van der Waals surface area contributed by atoms with Crippen LogP contribution in [0.15, 0.2) is 54.6 Å². The van der Waals surface area contributed by atoms with Crippen molar-refractivity contribution in [3.8, 4) is 0 Å². The highest BCUT2D eigenvalue weighted by Gasteiger charge is 2.21. The van der Waals surface area contributed by atoms with E-state index in [1.807, 2.05) is 0 Å². The fourth-order valence-corrected chi connectivity index (χ4v) is 3.32. The van der Waals surface area contributed by atoms with E-state index in [0.29, 0.717) is 23.5 Å². The van der Waals surface area contributed by atoms with Crippen molar-refractivity contribution >= 4 is 23.3 Å². The lowest BCUT2D eigenvalue weighted by atomic mass is 9.89. The molecule has 1 heterocycles. The van der Waals surface area contributed by atoms with Crippen molar-refractivity contribution in [1.29, 1.82) is 0 Å². The number of benzene rings is 2. The third kappa shape index (κ3) is 5.76. The molecule has 0 aromatic heterocycles. The Hall–Kier alpha value is -2.04. The van der Waals surface area contributed by atoms with E-state index < -0.39 is 0 Å². The van der Waals surface area contributed by atoms with Crippen LogP contribution in [-0.2, 0) is 6.42 Å². The molecule has 3 rings (SSSR count). The topological polar surface area (TPSA) is 53.2 Å². The van der Waals surface area contributed by atoms with E-state index >= 15 is 0 Å². The first-order valence-electron chi connectivity index (χ1n) is 8.77. The van der Waals surface area contributed by atoms with Crippen molar-refractivity contribution in [1.82, 2.24) is 10.6 Å². The number of carbonyl (C=O) groups excluding carboxylic acids is 1. The normalized spacial score (nSPS) is 20.0. The van der Waals surface area contributed by atoms with Crippen LogP contribution in [0.2, 0.25) is 5.02 Å². The Morgan fingerprint density at radius 3 is 2.52 bits per heavy atom. The second-order valence-corrected chi connectivity index (χ2v) is 7.02. The van der Waals surface area contributed by atoms with Gasteiger partial charge >= 0.3 is 6.03 Å². The summed E-state index contributed by atoms with van der Waals surface area (Å²) < 4.78 is 0. The first kappa shape index (κ1) is 17.8. The fraction of sp³-hybridized carbons (Fsp3) is 0.350. The number of urea groups is 1. The molecule has 1 aliphatic rings. The molecule has 25 heavy (non-hydrogen) atoms. The Morgan fingerprint density at radius 1 is 1.08 bits per heavy atom. The number of halogens is 1. The van der Waals surface area contributed by atoms with E-state index in [4.69, 9.17) is 11.6 Å². The lowest BCUT2D eigenvalue weighted by Crippen LogP contribution is -2.47. The molecule has 132 valence electrons. The number of carbonyl (C=O) groups is 1. The fourth-order valence-electron chi connectivity index (χ4n) is 3.19. The van der Waals surface area contributed by atoms with Gasteiger partial charge < -0.3 is 16.0 Å². The van der Waals surface area contributed by atoms with E-state index in [1.165, 1.54) is 12.0 Å². The Morgan fingerprint density at radius 2 is 1.84 bits per heavy atom. The Bertz CT molecular complexity index is 667. The summed E-state index contributed by atoms with van der Waals surface area (Å²) in [5.74, 6) is 0.668. The van der Waals surface area contributed by atoms with E-state index in [2.05, 4.69) is 46.3 Å². The Kier molecular flexibility index (Phi) is 6.31. The number of nitrogens with one attached hydrogen (secondary N) is 3. The van der Waals surface area contributed by atoms with Gasteiger partial charge in [0.05, 0.1) is 0 Å². The number of amides is 2. The smallest absolute Gasteiger partial charge is 0.319 e. The van der Waals surface area contributed by atoms with Gasteiger partial charge in [-0.15, -0.1) is 0 Å². The summed E-state index contributed by atoms with van der Waals surface area (Å²) in [6, 6.07) is 17.9. The molecule has 2 aromatic carbocycles. The van der Waals surface area contributed by atoms with Crippen LogP contribution in [0.25, 0.3) is 0 Å². The zero-order valence-electron chi connectivity index (χ0n) is 14.2. The molecule has 0 spiro atoms. The first-order chi connectivity index (χ1) is 12.2. The molecule has 1 fully saturated rings. The van der Waals surface area contributed by atoms with Crippen molar-refractivity contribution in [2.75, 3.05) is 18.4 Å². The van der Waals surface area contributed by atoms with Crippen LogP contribution in [0.3, 0.4) is 0 Å². The lowest BCUT2D eigenvalue weighted by Gasteiger charge is -2.30. The molecule has 0 radical (unpaired) electrons. The molecule has 0 bridgehead atoms. The predicted octanol–water partition coefficient (Wildman–Crippen LogP) is 4.07. The second-order valence-electron chi connectivity index (χ2n) is 6.58. The second kappa shape index (κ2) is 8.88. The van der Waals surface area contributed by atoms with Gasteiger partial charge in [0.2, 0.25) is 0 Å². The molecule has 2 amide bonds. The van der Waals surface area contributed by atoms with Crippen LogP contribution in [0, 0.1) is 5.92 Å². The summed E-state index contributed by atoms with van der Waals surface area (Å²) in [6.45, 7) is 1.64. The molecule has 1 saturated heterocycles. The van der Waals surface area contributed by atoms with Gasteiger partial charge in [-0.2, -0.15) is 0 Å². The van der Waals surface area contributed by atoms with Crippen LogP contribution in [-0.4, -0.2) is 25.2 Å². The summed E-state index contributed by atoms with van der Waals surface area (Å²) in [6.07, 6.45) is 3.39. The third-order valence-electron chi connectivity index (χ3n) is 4.60. The minimum Gasteiger partial charge on any atom is -0.336 e. The number of piperidine rings is 1. The number of hydrogen-bond acceptors (Lipinski definition) is 2. The minimum absolute atomic E-state index is 0.185. The van der Waals surface area contributed by atoms with E-state index in [-0.39, 0.29) is 6.03 Å². The summed E-state index contributed by atoms with van der Waals surface area (Å²) >= 11 is 5.84. The zero-order valence-corrected chi connectivity index (χ0v) is 14.9. The summed E-state index contributed by atoms with van der Waals surface area (Å²) in [7, 11) is 0. The highest BCUT2D eigenvalue weighted by atomic mass is 35.5. The molecule has 5 heteroatoms. The molecule has 2 aromatic rings. The zero-order chi connectivity index (χ0) is 17.5. The van der Waals surface area contributed by atoms with Crippen molar-refractivity contribution in [3.63, 3.8) is 0 Å².